The number of rotatable bonds is 4. The van der Waals surface area contributed by atoms with Gasteiger partial charge in [-0.3, -0.25) is 10.2 Å². The molecule has 0 saturated carbocycles. The van der Waals surface area contributed by atoms with E-state index in [0.717, 1.165) is 27.7 Å². The summed E-state index contributed by atoms with van der Waals surface area (Å²) in [5.74, 6) is 0.929. The largest absolute Gasteiger partial charge is 0.368 e. The lowest BCUT2D eigenvalue weighted by molar-refractivity contribution is 1.09. The lowest BCUT2D eigenvalue weighted by Gasteiger charge is -2.09. The lowest BCUT2D eigenvalue weighted by atomic mass is 10.1. The van der Waals surface area contributed by atoms with E-state index in [1.54, 1.807) is 12.4 Å². The molecule has 8 nitrogen and oxygen atoms in total. The van der Waals surface area contributed by atoms with E-state index in [-0.39, 0.29) is 5.95 Å². The number of aromatic nitrogens is 6. The summed E-state index contributed by atoms with van der Waals surface area (Å²) in [6.45, 7) is 0.602. The molecule has 4 rings (SSSR count). The maximum absolute atomic E-state index is 5.84. The summed E-state index contributed by atoms with van der Waals surface area (Å²) in [6, 6.07) is 7.84. The van der Waals surface area contributed by atoms with Gasteiger partial charge in [-0.2, -0.15) is 15.2 Å². The van der Waals surface area contributed by atoms with E-state index in [1.165, 1.54) is 0 Å². The Morgan fingerprint density at radius 1 is 1.13 bits per heavy atom. The van der Waals surface area contributed by atoms with Gasteiger partial charge in [0.2, 0.25) is 5.95 Å². The van der Waals surface area contributed by atoms with Gasteiger partial charge in [0.05, 0.1) is 17.4 Å². The second kappa shape index (κ2) is 5.41. The van der Waals surface area contributed by atoms with Crippen molar-refractivity contribution in [3.63, 3.8) is 0 Å². The average Bonchev–Trinajstić information content (AvgIpc) is 3.25. The smallest absolute Gasteiger partial charge is 0.222 e. The summed E-state index contributed by atoms with van der Waals surface area (Å²) in [4.78, 5) is 8.62. The molecule has 0 unspecified atom stereocenters. The highest BCUT2D eigenvalue weighted by molar-refractivity contribution is 5.92. The molecule has 8 heteroatoms. The Kier molecular flexibility index (Phi) is 3.12. The fourth-order valence-electron chi connectivity index (χ4n) is 2.43. The normalized spacial score (nSPS) is 11.0. The van der Waals surface area contributed by atoms with Crippen LogP contribution in [0.5, 0.6) is 0 Å². The molecule has 114 valence electrons. The summed E-state index contributed by atoms with van der Waals surface area (Å²) in [7, 11) is 0. The number of anilines is 2. The fourth-order valence-corrected chi connectivity index (χ4v) is 2.43. The zero-order valence-electron chi connectivity index (χ0n) is 12.1. The van der Waals surface area contributed by atoms with Crippen LogP contribution in [0.25, 0.3) is 22.2 Å². The van der Waals surface area contributed by atoms with Gasteiger partial charge in [0.15, 0.2) is 0 Å². The van der Waals surface area contributed by atoms with Crippen LogP contribution in [0.1, 0.15) is 5.56 Å². The summed E-state index contributed by atoms with van der Waals surface area (Å²) in [5.41, 5.74) is 9.57. The van der Waals surface area contributed by atoms with Crippen LogP contribution in [0.4, 0.5) is 11.8 Å². The van der Waals surface area contributed by atoms with E-state index in [4.69, 9.17) is 5.73 Å². The monoisotopic (exact) mass is 306 g/mol. The molecule has 0 saturated heterocycles. The SMILES string of the molecule is Nc1nc(NCc2cn[nH]c2)c2ccc(-c3ccn[nH]3)cc2n1. The lowest BCUT2D eigenvalue weighted by Crippen LogP contribution is -2.05. The molecule has 0 spiro atoms. The van der Waals surface area contributed by atoms with Crippen molar-refractivity contribution in [1.82, 2.24) is 30.4 Å². The van der Waals surface area contributed by atoms with E-state index in [1.807, 2.05) is 30.5 Å². The van der Waals surface area contributed by atoms with Crippen molar-refractivity contribution in [2.45, 2.75) is 6.54 Å². The molecular formula is C15H14N8. The minimum atomic E-state index is 0.231. The van der Waals surface area contributed by atoms with Gasteiger partial charge in [0.1, 0.15) is 5.82 Å². The Balaban J connectivity index is 1.73. The molecule has 0 aliphatic carbocycles. The third kappa shape index (κ3) is 2.57. The van der Waals surface area contributed by atoms with E-state index in [9.17, 15) is 0 Å². The van der Waals surface area contributed by atoms with Crippen molar-refractivity contribution in [2.24, 2.45) is 0 Å². The van der Waals surface area contributed by atoms with E-state index in [0.29, 0.717) is 12.4 Å². The Morgan fingerprint density at radius 3 is 2.87 bits per heavy atom. The van der Waals surface area contributed by atoms with E-state index in [2.05, 4.69) is 35.7 Å². The molecule has 0 aliphatic heterocycles. The van der Waals surface area contributed by atoms with Crippen molar-refractivity contribution < 1.29 is 0 Å². The summed E-state index contributed by atoms with van der Waals surface area (Å²) < 4.78 is 0. The first-order valence-electron chi connectivity index (χ1n) is 7.08. The Bertz CT molecular complexity index is 928. The molecule has 0 bridgehead atoms. The minimum Gasteiger partial charge on any atom is -0.368 e. The van der Waals surface area contributed by atoms with Crippen LogP contribution in [0.3, 0.4) is 0 Å². The van der Waals surface area contributed by atoms with Gasteiger partial charge in [-0.05, 0) is 18.2 Å². The number of hydrogen-bond acceptors (Lipinski definition) is 6. The number of hydrogen-bond donors (Lipinski definition) is 4. The molecular weight excluding hydrogens is 292 g/mol. The molecule has 1 aromatic carbocycles. The van der Waals surface area contributed by atoms with Gasteiger partial charge in [-0.1, -0.05) is 6.07 Å². The molecule has 23 heavy (non-hydrogen) atoms. The maximum Gasteiger partial charge on any atom is 0.222 e. The van der Waals surface area contributed by atoms with Gasteiger partial charge >= 0.3 is 0 Å². The number of nitrogens with one attached hydrogen (secondary N) is 3. The van der Waals surface area contributed by atoms with Crippen molar-refractivity contribution in [1.29, 1.82) is 0 Å². The summed E-state index contributed by atoms with van der Waals surface area (Å²) in [5, 5.41) is 17.8. The highest BCUT2D eigenvalue weighted by atomic mass is 15.1. The topological polar surface area (TPSA) is 121 Å². The minimum absolute atomic E-state index is 0.231. The van der Waals surface area contributed by atoms with Gasteiger partial charge in [-0.15, -0.1) is 0 Å². The Morgan fingerprint density at radius 2 is 2.09 bits per heavy atom. The number of benzene rings is 1. The van der Waals surface area contributed by atoms with Gasteiger partial charge in [-0.25, -0.2) is 4.98 Å². The highest BCUT2D eigenvalue weighted by Gasteiger charge is 2.09. The average molecular weight is 306 g/mol. The van der Waals surface area contributed by atoms with Crippen LogP contribution >= 0.6 is 0 Å². The van der Waals surface area contributed by atoms with Crippen molar-refractivity contribution in [3.8, 4) is 11.3 Å². The number of fused-ring (bicyclic) bond motifs is 1. The van der Waals surface area contributed by atoms with Crippen LogP contribution < -0.4 is 11.1 Å². The third-order valence-electron chi connectivity index (χ3n) is 3.54. The van der Waals surface area contributed by atoms with Gasteiger partial charge in [0.25, 0.3) is 0 Å². The van der Waals surface area contributed by atoms with Crippen molar-refractivity contribution in [2.75, 3.05) is 11.1 Å². The van der Waals surface area contributed by atoms with Crippen molar-refractivity contribution in [3.05, 3.63) is 48.4 Å². The molecule has 0 radical (unpaired) electrons. The zero-order chi connectivity index (χ0) is 15.6. The number of H-pyrrole nitrogens is 2. The summed E-state index contributed by atoms with van der Waals surface area (Å²) in [6.07, 6.45) is 5.30. The predicted octanol–water partition coefficient (Wildman–Crippen LogP) is 1.94. The van der Waals surface area contributed by atoms with Crippen LogP contribution in [-0.4, -0.2) is 30.4 Å². The van der Waals surface area contributed by atoms with Gasteiger partial charge in [0, 0.05) is 35.5 Å². The first-order chi connectivity index (χ1) is 11.3. The molecule has 3 aromatic heterocycles. The maximum atomic E-state index is 5.84. The first-order valence-corrected chi connectivity index (χ1v) is 7.08. The Labute approximate surface area is 131 Å². The second-order valence-electron chi connectivity index (χ2n) is 5.09. The third-order valence-corrected chi connectivity index (χ3v) is 3.54. The quantitative estimate of drug-likeness (QED) is 0.457. The van der Waals surface area contributed by atoms with Crippen molar-refractivity contribution >= 4 is 22.7 Å². The first kappa shape index (κ1) is 13.3. The molecule has 3 heterocycles. The number of nitrogen functional groups attached to an aromatic ring is 1. The fraction of sp³-hybridized carbons (Fsp3) is 0.0667. The molecule has 0 fully saturated rings. The van der Waals surface area contributed by atoms with Gasteiger partial charge < -0.3 is 11.1 Å². The molecule has 0 aliphatic rings. The highest BCUT2D eigenvalue weighted by Crippen LogP contribution is 2.26. The van der Waals surface area contributed by atoms with E-state index >= 15 is 0 Å². The molecule has 0 atom stereocenters. The number of aromatic amines is 2. The second-order valence-corrected chi connectivity index (χ2v) is 5.09. The number of nitrogens with zero attached hydrogens (tertiary/aromatic N) is 4. The number of nitrogens with two attached hydrogens (primary N) is 1. The van der Waals surface area contributed by atoms with Crippen LogP contribution in [0.15, 0.2) is 42.9 Å². The van der Waals surface area contributed by atoms with Crippen LogP contribution in [-0.2, 0) is 6.54 Å². The molecule has 4 aromatic rings. The summed E-state index contributed by atoms with van der Waals surface area (Å²) >= 11 is 0. The zero-order valence-corrected chi connectivity index (χ0v) is 12.1. The van der Waals surface area contributed by atoms with Crippen LogP contribution in [0, 0.1) is 0 Å². The Hall–Kier alpha value is -3.42. The molecule has 0 amide bonds. The van der Waals surface area contributed by atoms with Crippen LogP contribution in [0.2, 0.25) is 0 Å². The molecule has 5 N–H and O–H groups in total. The predicted molar refractivity (Wildman–Crippen MR) is 87.4 cm³/mol. The van der Waals surface area contributed by atoms with E-state index < -0.39 is 0 Å². The standard InChI is InChI=1S/C15H14N8/c16-15-21-13-5-10(12-3-4-18-23-12)1-2-11(13)14(22-15)17-6-9-7-19-20-8-9/h1-5,7-8H,6H2,(H,18,23)(H,19,20)(H3,16,17,21,22).